The number of hydrogen-bond donors (Lipinski definition) is 3. The molecule has 3 aromatic rings. The van der Waals surface area contributed by atoms with Crippen LogP contribution in [0.2, 0.25) is 0 Å². The molecule has 0 unspecified atom stereocenters. The van der Waals surface area contributed by atoms with Gasteiger partial charge in [0.05, 0.1) is 19.8 Å². The first kappa shape index (κ1) is 21.7. The molecule has 4 rings (SSSR count). The van der Waals surface area contributed by atoms with Crippen LogP contribution in [-0.2, 0) is 10.5 Å². The summed E-state index contributed by atoms with van der Waals surface area (Å²) < 4.78 is 23.8. The van der Waals surface area contributed by atoms with Gasteiger partial charge in [-0.15, -0.1) is 0 Å². The molecule has 10 heteroatoms. The van der Waals surface area contributed by atoms with Crippen molar-refractivity contribution in [3.8, 4) is 17.2 Å². The molecule has 2 heterocycles. The Labute approximate surface area is 186 Å². The molecule has 0 saturated carbocycles. The van der Waals surface area contributed by atoms with Crippen LogP contribution in [0, 0.1) is 5.82 Å². The maximum Gasteiger partial charge on any atom is 0.257 e. The first-order valence-corrected chi connectivity index (χ1v) is 10.6. The van der Waals surface area contributed by atoms with Crippen molar-refractivity contribution in [3.63, 3.8) is 0 Å². The maximum atomic E-state index is 13.4. The van der Waals surface area contributed by atoms with Crippen molar-refractivity contribution in [2.45, 2.75) is 23.2 Å². The van der Waals surface area contributed by atoms with Crippen LogP contribution in [0.4, 0.5) is 10.2 Å². The summed E-state index contributed by atoms with van der Waals surface area (Å²) >= 11 is 1.22. The fraction of sp³-hybridized carbons (Fsp3) is 0.227. The molecule has 0 radical (unpaired) electrons. The number of carbonyl (C=O) groups excluding carboxylic acids is 1. The number of aromatic amines is 1. The lowest BCUT2D eigenvalue weighted by atomic mass is 9.86. The summed E-state index contributed by atoms with van der Waals surface area (Å²) in [6.07, 6.45) is 0.0185. The predicted octanol–water partition coefficient (Wildman–Crippen LogP) is 3.40. The SMILES string of the molecule is COc1cc([C@H]2CC(=O)Nc3nc(SCc4cccc(F)c4)[nH]c(=O)c32)cc(OC)c1O. The Morgan fingerprint density at radius 3 is 2.56 bits per heavy atom. The van der Waals surface area contributed by atoms with Gasteiger partial charge < -0.3 is 24.9 Å². The number of benzene rings is 2. The largest absolute Gasteiger partial charge is 0.502 e. The van der Waals surface area contributed by atoms with E-state index >= 15 is 0 Å². The molecule has 0 spiro atoms. The summed E-state index contributed by atoms with van der Waals surface area (Å²) in [7, 11) is 2.80. The number of nitrogens with zero attached hydrogens (tertiary/aromatic N) is 1. The zero-order chi connectivity index (χ0) is 22.8. The molecule has 3 N–H and O–H groups in total. The highest BCUT2D eigenvalue weighted by molar-refractivity contribution is 7.98. The number of anilines is 1. The molecule has 166 valence electrons. The molecule has 0 bridgehead atoms. The van der Waals surface area contributed by atoms with Crippen LogP contribution < -0.4 is 20.3 Å². The molecule has 0 aliphatic carbocycles. The molecule has 2 aromatic carbocycles. The normalized spacial score (nSPS) is 15.1. The van der Waals surface area contributed by atoms with Crippen molar-refractivity contribution < 1.29 is 23.8 Å². The predicted molar refractivity (Wildman–Crippen MR) is 117 cm³/mol. The second kappa shape index (κ2) is 8.91. The lowest BCUT2D eigenvalue weighted by Gasteiger charge is -2.25. The molecule has 1 aromatic heterocycles. The van der Waals surface area contributed by atoms with E-state index in [0.717, 1.165) is 5.56 Å². The number of phenolic OH excluding ortho intramolecular Hbond substituents is 1. The topological polar surface area (TPSA) is 114 Å². The number of methoxy groups -OCH3 is 2. The lowest BCUT2D eigenvalue weighted by molar-refractivity contribution is -0.116. The molecular weight excluding hydrogens is 437 g/mol. The molecular formula is C22H20FN3O5S. The standard InChI is InChI=1S/C22H20FN3O5S/c1-30-15-7-12(8-16(31-2)19(15)28)14-9-17(27)24-20-18(14)21(29)26-22(25-20)32-10-11-4-3-5-13(23)6-11/h3-8,14,28H,9-10H2,1-2H3,(H2,24,25,26,27,29)/t14-/m1/s1. The number of aromatic nitrogens is 2. The Balaban J connectivity index is 1.70. The van der Waals surface area contributed by atoms with E-state index in [1.807, 2.05) is 0 Å². The molecule has 0 saturated heterocycles. The number of nitrogens with one attached hydrogen (secondary N) is 2. The Kier molecular flexibility index (Phi) is 6.04. The number of ether oxygens (including phenoxy) is 2. The number of carbonyl (C=O) groups is 1. The number of fused-ring (bicyclic) bond motifs is 1. The van der Waals surface area contributed by atoms with Crippen LogP contribution in [0.25, 0.3) is 0 Å². The average molecular weight is 457 g/mol. The van der Waals surface area contributed by atoms with Crippen molar-refractivity contribution >= 4 is 23.5 Å². The summed E-state index contributed by atoms with van der Waals surface area (Å²) in [5, 5.41) is 13.2. The van der Waals surface area contributed by atoms with Crippen molar-refractivity contribution in [1.29, 1.82) is 0 Å². The monoisotopic (exact) mass is 457 g/mol. The maximum absolute atomic E-state index is 13.4. The van der Waals surface area contributed by atoms with Gasteiger partial charge in [-0.3, -0.25) is 9.59 Å². The number of halogens is 1. The third kappa shape index (κ3) is 4.26. The Bertz CT molecular complexity index is 1220. The van der Waals surface area contributed by atoms with Gasteiger partial charge in [0.15, 0.2) is 16.7 Å². The minimum absolute atomic E-state index is 0.0185. The Morgan fingerprint density at radius 2 is 1.91 bits per heavy atom. The highest BCUT2D eigenvalue weighted by Crippen LogP contribution is 2.43. The van der Waals surface area contributed by atoms with Gasteiger partial charge in [-0.05, 0) is 35.4 Å². The number of phenols is 1. The van der Waals surface area contributed by atoms with Gasteiger partial charge in [0.25, 0.3) is 5.56 Å². The zero-order valence-electron chi connectivity index (χ0n) is 17.3. The lowest BCUT2D eigenvalue weighted by Crippen LogP contribution is -2.31. The average Bonchev–Trinajstić information content (AvgIpc) is 2.77. The van der Waals surface area contributed by atoms with Crippen molar-refractivity contribution in [2.24, 2.45) is 0 Å². The zero-order valence-corrected chi connectivity index (χ0v) is 18.1. The minimum atomic E-state index is -0.610. The number of H-pyrrole nitrogens is 1. The number of hydrogen-bond acceptors (Lipinski definition) is 7. The molecule has 0 fully saturated rings. The quantitative estimate of drug-likeness (QED) is 0.384. The summed E-state index contributed by atoms with van der Waals surface area (Å²) in [5.74, 6) is -0.531. The number of thioether (sulfide) groups is 1. The van der Waals surface area contributed by atoms with Crippen molar-refractivity contribution in [1.82, 2.24) is 9.97 Å². The summed E-state index contributed by atoms with van der Waals surface area (Å²) in [5.41, 5.74) is 1.21. The Morgan fingerprint density at radius 1 is 1.19 bits per heavy atom. The van der Waals surface area contributed by atoms with E-state index in [-0.39, 0.29) is 41.2 Å². The third-order valence-electron chi connectivity index (χ3n) is 5.10. The van der Waals surface area contributed by atoms with E-state index in [9.17, 15) is 19.1 Å². The second-order valence-electron chi connectivity index (χ2n) is 7.13. The fourth-order valence-corrected chi connectivity index (χ4v) is 4.40. The first-order chi connectivity index (χ1) is 15.4. The number of rotatable bonds is 6. The van der Waals surface area contributed by atoms with E-state index in [4.69, 9.17) is 9.47 Å². The number of aromatic hydroxyl groups is 1. The van der Waals surface area contributed by atoms with Gasteiger partial charge in [0.1, 0.15) is 11.6 Å². The van der Waals surface area contributed by atoms with Crippen LogP contribution in [0.3, 0.4) is 0 Å². The highest BCUT2D eigenvalue weighted by Gasteiger charge is 2.32. The van der Waals surface area contributed by atoms with Gasteiger partial charge in [-0.1, -0.05) is 23.9 Å². The van der Waals surface area contributed by atoms with E-state index in [1.165, 1.54) is 38.1 Å². The Hall–Kier alpha value is -3.53. The van der Waals surface area contributed by atoms with Crippen LogP contribution >= 0.6 is 11.8 Å². The summed E-state index contributed by atoms with van der Waals surface area (Å²) in [4.78, 5) is 32.5. The molecule has 1 amide bonds. The van der Waals surface area contributed by atoms with Crippen LogP contribution in [0.1, 0.15) is 29.0 Å². The van der Waals surface area contributed by atoms with Gasteiger partial charge in [0, 0.05) is 18.1 Å². The van der Waals surface area contributed by atoms with Crippen LogP contribution in [0.15, 0.2) is 46.3 Å². The van der Waals surface area contributed by atoms with E-state index in [0.29, 0.717) is 22.0 Å². The van der Waals surface area contributed by atoms with E-state index in [2.05, 4.69) is 15.3 Å². The third-order valence-corrected chi connectivity index (χ3v) is 6.04. The molecule has 1 aliphatic rings. The number of amides is 1. The molecule has 1 atom stereocenters. The van der Waals surface area contributed by atoms with E-state index in [1.54, 1.807) is 24.3 Å². The molecule has 1 aliphatic heterocycles. The highest BCUT2D eigenvalue weighted by atomic mass is 32.2. The smallest absolute Gasteiger partial charge is 0.257 e. The van der Waals surface area contributed by atoms with Crippen LogP contribution in [0.5, 0.6) is 17.2 Å². The summed E-state index contributed by atoms with van der Waals surface area (Å²) in [6.45, 7) is 0. The molecule has 32 heavy (non-hydrogen) atoms. The van der Waals surface area contributed by atoms with E-state index < -0.39 is 11.5 Å². The fourth-order valence-electron chi connectivity index (χ4n) is 3.60. The second-order valence-corrected chi connectivity index (χ2v) is 8.09. The van der Waals surface area contributed by atoms with Crippen molar-refractivity contribution in [3.05, 3.63) is 69.3 Å². The molecule has 8 nitrogen and oxygen atoms in total. The van der Waals surface area contributed by atoms with Gasteiger partial charge in [-0.2, -0.15) is 0 Å². The van der Waals surface area contributed by atoms with Crippen molar-refractivity contribution in [2.75, 3.05) is 19.5 Å². The van der Waals surface area contributed by atoms with Crippen LogP contribution in [-0.4, -0.2) is 35.2 Å². The van der Waals surface area contributed by atoms with Gasteiger partial charge in [-0.25, -0.2) is 9.37 Å². The first-order valence-electron chi connectivity index (χ1n) is 9.65. The van der Waals surface area contributed by atoms with Gasteiger partial charge >= 0.3 is 0 Å². The van der Waals surface area contributed by atoms with Gasteiger partial charge in [0.2, 0.25) is 11.7 Å². The minimum Gasteiger partial charge on any atom is -0.502 e. The summed E-state index contributed by atoms with van der Waals surface area (Å²) in [6, 6.07) is 9.28.